The molecule has 20 heavy (non-hydrogen) atoms. The maximum atomic E-state index is 12.1. The molecular formula is C16H13NO3. The zero-order valence-electron chi connectivity index (χ0n) is 10.9. The Morgan fingerprint density at radius 3 is 2.70 bits per heavy atom. The Morgan fingerprint density at radius 1 is 1.10 bits per heavy atom. The summed E-state index contributed by atoms with van der Waals surface area (Å²) in [5.41, 5.74) is 2.21. The lowest BCUT2D eigenvalue weighted by Gasteiger charge is -2.08. The summed E-state index contributed by atoms with van der Waals surface area (Å²) in [6.07, 6.45) is 0. The maximum Gasteiger partial charge on any atom is 0.190 e. The van der Waals surface area contributed by atoms with Gasteiger partial charge in [-0.25, -0.2) is 0 Å². The average Bonchev–Trinajstić information content (AvgIpc) is 2.47. The highest BCUT2D eigenvalue weighted by atomic mass is 16.5. The lowest BCUT2D eigenvalue weighted by atomic mass is 10.1. The monoisotopic (exact) mass is 267 g/mol. The van der Waals surface area contributed by atoms with Crippen molar-refractivity contribution in [1.29, 1.82) is 0 Å². The fourth-order valence-electron chi connectivity index (χ4n) is 2.20. The normalized spacial score (nSPS) is 10.7. The molecule has 3 rings (SSSR count). The first kappa shape index (κ1) is 12.3. The zero-order chi connectivity index (χ0) is 14.1. The number of phenols is 1. The number of aromatic hydroxyl groups is 1. The van der Waals surface area contributed by atoms with Crippen LogP contribution in [0.4, 0.5) is 0 Å². The molecule has 1 aromatic heterocycles. The summed E-state index contributed by atoms with van der Waals surface area (Å²) in [5, 5.41) is 10.3. The standard InChI is InChI=1S/C16H13NO3/c1-20-16-8-10(6-7-14(16)18)13-9-15(19)11-4-2-3-5-12(11)17-13/h2-9,18H,1H3,(H,17,19). The van der Waals surface area contributed by atoms with E-state index in [0.29, 0.717) is 16.8 Å². The molecule has 0 fully saturated rings. The number of phenolic OH excluding ortho intramolecular Hbond substituents is 1. The smallest absolute Gasteiger partial charge is 0.190 e. The van der Waals surface area contributed by atoms with Crippen LogP contribution in [0.2, 0.25) is 0 Å². The molecule has 0 saturated heterocycles. The van der Waals surface area contributed by atoms with E-state index in [9.17, 15) is 9.90 Å². The van der Waals surface area contributed by atoms with E-state index in [2.05, 4.69) is 4.98 Å². The van der Waals surface area contributed by atoms with Gasteiger partial charge in [-0.15, -0.1) is 0 Å². The quantitative estimate of drug-likeness (QED) is 0.750. The third-order valence-electron chi connectivity index (χ3n) is 3.23. The van der Waals surface area contributed by atoms with Gasteiger partial charge < -0.3 is 14.8 Å². The van der Waals surface area contributed by atoms with E-state index < -0.39 is 0 Å². The van der Waals surface area contributed by atoms with Crippen LogP contribution in [0.1, 0.15) is 0 Å². The molecule has 4 nitrogen and oxygen atoms in total. The first-order valence-electron chi connectivity index (χ1n) is 6.18. The minimum absolute atomic E-state index is 0.0404. The second-order valence-electron chi connectivity index (χ2n) is 4.48. The average molecular weight is 267 g/mol. The number of fused-ring (bicyclic) bond motifs is 1. The van der Waals surface area contributed by atoms with Crippen LogP contribution in [0.15, 0.2) is 53.3 Å². The molecule has 0 aliphatic heterocycles. The number of rotatable bonds is 2. The van der Waals surface area contributed by atoms with Gasteiger partial charge in [-0.1, -0.05) is 12.1 Å². The third-order valence-corrected chi connectivity index (χ3v) is 3.23. The molecule has 0 unspecified atom stereocenters. The molecule has 0 aliphatic carbocycles. The van der Waals surface area contributed by atoms with Gasteiger partial charge in [-0.3, -0.25) is 4.79 Å². The number of aromatic nitrogens is 1. The highest BCUT2D eigenvalue weighted by Gasteiger charge is 2.07. The van der Waals surface area contributed by atoms with Gasteiger partial charge in [-0.2, -0.15) is 0 Å². The summed E-state index contributed by atoms with van der Waals surface area (Å²) in [4.78, 5) is 15.3. The number of hydrogen-bond acceptors (Lipinski definition) is 3. The van der Waals surface area contributed by atoms with Gasteiger partial charge in [0.15, 0.2) is 16.9 Å². The van der Waals surface area contributed by atoms with E-state index in [0.717, 1.165) is 11.1 Å². The predicted octanol–water partition coefficient (Wildman–Crippen LogP) is 2.91. The van der Waals surface area contributed by atoms with Crippen molar-refractivity contribution in [3.8, 4) is 22.8 Å². The molecule has 2 N–H and O–H groups in total. The topological polar surface area (TPSA) is 62.3 Å². The Labute approximate surface area is 115 Å². The number of ether oxygens (including phenoxy) is 1. The fraction of sp³-hybridized carbons (Fsp3) is 0.0625. The van der Waals surface area contributed by atoms with E-state index in [1.165, 1.54) is 7.11 Å². The molecule has 0 amide bonds. The molecule has 100 valence electrons. The van der Waals surface area contributed by atoms with Crippen molar-refractivity contribution in [1.82, 2.24) is 4.98 Å². The van der Waals surface area contributed by atoms with Crippen LogP contribution >= 0.6 is 0 Å². The van der Waals surface area contributed by atoms with Crippen LogP contribution in [-0.2, 0) is 0 Å². The van der Waals surface area contributed by atoms with Crippen molar-refractivity contribution in [3.05, 3.63) is 58.8 Å². The van der Waals surface area contributed by atoms with Crippen molar-refractivity contribution in [2.24, 2.45) is 0 Å². The van der Waals surface area contributed by atoms with Gasteiger partial charge in [0, 0.05) is 28.2 Å². The van der Waals surface area contributed by atoms with Gasteiger partial charge >= 0.3 is 0 Å². The summed E-state index contributed by atoms with van der Waals surface area (Å²) in [7, 11) is 1.49. The Bertz CT molecular complexity index is 836. The Hall–Kier alpha value is -2.75. The van der Waals surface area contributed by atoms with Crippen molar-refractivity contribution in [2.45, 2.75) is 0 Å². The van der Waals surface area contributed by atoms with Crippen LogP contribution in [-0.4, -0.2) is 17.2 Å². The highest BCUT2D eigenvalue weighted by molar-refractivity contribution is 5.81. The van der Waals surface area contributed by atoms with Gasteiger partial charge in [0.1, 0.15) is 0 Å². The first-order valence-corrected chi connectivity index (χ1v) is 6.18. The largest absolute Gasteiger partial charge is 0.504 e. The van der Waals surface area contributed by atoms with Crippen molar-refractivity contribution in [2.75, 3.05) is 7.11 Å². The van der Waals surface area contributed by atoms with Crippen LogP contribution in [0, 0.1) is 0 Å². The van der Waals surface area contributed by atoms with E-state index in [1.54, 1.807) is 30.3 Å². The number of pyridine rings is 1. The summed E-state index contributed by atoms with van der Waals surface area (Å²) < 4.78 is 5.08. The number of para-hydroxylation sites is 1. The number of benzene rings is 2. The van der Waals surface area contributed by atoms with E-state index in [1.807, 2.05) is 18.2 Å². The number of H-pyrrole nitrogens is 1. The van der Waals surface area contributed by atoms with Crippen molar-refractivity contribution in [3.63, 3.8) is 0 Å². The Balaban J connectivity index is 2.22. The molecule has 0 spiro atoms. The molecule has 0 saturated carbocycles. The Morgan fingerprint density at radius 2 is 1.90 bits per heavy atom. The van der Waals surface area contributed by atoms with Gasteiger partial charge in [-0.05, 0) is 30.3 Å². The molecular weight excluding hydrogens is 254 g/mol. The van der Waals surface area contributed by atoms with Gasteiger partial charge in [0.25, 0.3) is 0 Å². The molecule has 0 aliphatic rings. The maximum absolute atomic E-state index is 12.1. The molecule has 1 heterocycles. The highest BCUT2D eigenvalue weighted by Crippen LogP contribution is 2.30. The number of aromatic amines is 1. The lowest BCUT2D eigenvalue weighted by molar-refractivity contribution is 0.373. The summed E-state index contributed by atoms with van der Waals surface area (Å²) >= 11 is 0. The number of hydrogen-bond donors (Lipinski definition) is 2. The molecule has 0 atom stereocenters. The third kappa shape index (κ3) is 2.01. The SMILES string of the molecule is COc1cc(-c2cc(=O)c3ccccc3[nH]2)ccc1O. The van der Waals surface area contributed by atoms with Crippen molar-refractivity contribution < 1.29 is 9.84 Å². The minimum atomic E-state index is -0.0404. The fourth-order valence-corrected chi connectivity index (χ4v) is 2.20. The van der Waals surface area contributed by atoms with E-state index in [4.69, 9.17) is 4.74 Å². The molecule has 0 bridgehead atoms. The molecule has 3 aromatic rings. The predicted molar refractivity (Wildman–Crippen MR) is 78.2 cm³/mol. The van der Waals surface area contributed by atoms with Crippen LogP contribution in [0.25, 0.3) is 22.2 Å². The minimum Gasteiger partial charge on any atom is -0.504 e. The summed E-state index contributed by atoms with van der Waals surface area (Å²) in [6, 6.07) is 13.9. The Kier molecular flexibility index (Phi) is 2.91. The lowest BCUT2D eigenvalue weighted by Crippen LogP contribution is -2.02. The van der Waals surface area contributed by atoms with E-state index in [-0.39, 0.29) is 11.2 Å². The molecule has 0 radical (unpaired) electrons. The number of nitrogens with one attached hydrogen (secondary N) is 1. The van der Waals surface area contributed by atoms with Crippen LogP contribution < -0.4 is 10.2 Å². The zero-order valence-corrected chi connectivity index (χ0v) is 10.9. The van der Waals surface area contributed by atoms with E-state index >= 15 is 0 Å². The first-order chi connectivity index (χ1) is 9.69. The van der Waals surface area contributed by atoms with Crippen molar-refractivity contribution >= 4 is 10.9 Å². The van der Waals surface area contributed by atoms with Gasteiger partial charge in [0.2, 0.25) is 0 Å². The second kappa shape index (κ2) is 4.74. The molecule has 2 aromatic carbocycles. The number of methoxy groups -OCH3 is 1. The summed E-state index contributed by atoms with van der Waals surface area (Å²) in [5.74, 6) is 0.441. The van der Waals surface area contributed by atoms with Crippen LogP contribution in [0.3, 0.4) is 0 Å². The van der Waals surface area contributed by atoms with Gasteiger partial charge in [0.05, 0.1) is 7.11 Å². The summed E-state index contributed by atoms with van der Waals surface area (Å²) in [6.45, 7) is 0. The van der Waals surface area contributed by atoms with Crippen LogP contribution in [0.5, 0.6) is 11.5 Å². The molecule has 4 heteroatoms. The second-order valence-corrected chi connectivity index (χ2v) is 4.48.